The zero-order valence-corrected chi connectivity index (χ0v) is 13.3. The molecule has 0 radical (unpaired) electrons. The molecule has 2 rings (SSSR count). The molecule has 0 fully saturated rings. The van der Waals surface area contributed by atoms with Crippen molar-refractivity contribution < 1.29 is 27.5 Å². The minimum atomic E-state index is -4.70. The summed E-state index contributed by atoms with van der Waals surface area (Å²) in [6.07, 6.45) is -7.31. The second-order valence-electron chi connectivity index (χ2n) is 5.38. The number of carbonyl (C=O) groups is 2. The highest BCUT2D eigenvalue weighted by Crippen LogP contribution is 2.36. The molecular weight excluding hydrogens is 335 g/mol. The van der Waals surface area contributed by atoms with Gasteiger partial charge in [-0.2, -0.15) is 13.2 Å². The maximum absolute atomic E-state index is 13.2. The molecule has 4 nitrogen and oxygen atoms in total. The van der Waals surface area contributed by atoms with Crippen LogP contribution in [0.25, 0.3) is 0 Å². The molecule has 0 saturated carbocycles. The lowest BCUT2D eigenvalue weighted by molar-refractivity contribution is -0.223. The maximum atomic E-state index is 13.2. The molecule has 132 valence electrons. The van der Waals surface area contributed by atoms with Crippen molar-refractivity contribution in [3.05, 3.63) is 65.7 Å². The first-order valence-electron chi connectivity index (χ1n) is 7.43. The molecule has 0 aromatic heterocycles. The fourth-order valence-electron chi connectivity index (χ4n) is 2.20. The van der Waals surface area contributed by atoms with Gasteiger partial charge >= 0.3 is 12.1 Å². The molecular formula is C18H16F3NO3. The summed E-state index contributed by atoms with van der Waals surface area (Å²) in [4.78, 5) is 22.8. The summed E-state index contributed by atoms with van der Waals surface area (Å²) in [5.74, 6) is -1.23. The van der Waals surface area contributed by atoms with E-state index in [-0.39, 0.29) is 17.9 Å². The summed E-state index contributed by atoms with van der Waals surface area (Å²) in [7, 11) is 0. The fourth-order valence-corrected chi connectivity index (χ4v) is 2.20. The molecule has 0 saturated heterocycles. The third-order valence-corrected chi connectivity index (χ3v) is 3.27. The van der Waals surface area contributed by atoms with E-state index in [1.54, 1.807) is 18.2 Å². The van der Waals surface area contributed by atoms with Gasteiger partial charge in [-0.25, -0.2) is 0 Å². The molecule has 1 amide bonds. The van der Waals surface area contributed by atoms with Crippen LogP contribution >= 0.6 is 0 Å². The average molecular weight is 351 g/mol. The lowest BCUT2D eigenvalue weighted by Crippen LogP contribution is -2.26. The molecule has 2 aromatic carbocycles. The number of hydrogen-bond acceptors (Lipinski definition) is 3. The van der Waals surface area contributed by atoms with Crippen molar-refractivity contribution in [3.8, 4) is 0 Å². The monoisotopic (exact) mass is 351 g/mol. The van der Waals surface area contributed by atoms with Crippen LogP contribution in [0.2, 0.25) is 0 Å². The van der Waals surface area contributed by atoms with E-state index >= 15 is 0 Å². The molecule has 0 heterocycles. The molecule has 0 unspecified atom stereocenters. The van der Waals surface area contributed by atoms with Crippen LogP contribution in [-0.2, 0) is 20.7 Å². The van der Waals surface area contributed by atoms with Crippen molar-refractivity contribution in [2.45, 2.75) is 25.6 Å². The van der Waals surface area contributed by atoms with E-state index in [1.165, 1.54) is 43.3 Å². The lowest BCUT2D eigenvalue weighted by Gasteiger charge is -2.21. The standard InChI is InChI=1S/C18H16F3NO3/c1-12(23)22-15-9-7-13(8-10-15)11-16(24)25-17(18(19,20)21)14-5-3-2-4-6-14/h2-10,17H,11H2,1H3,(H,22,23)/t17-/m1/s1. The van der Waals surface area contributed by atoms with Gasteiger partial charge in [-0.05, 0) is 17.7 Å². The Labute approximate surface area is 142 Å². The van der Waals surface area contributed by atoms with Crippen LogP contribution in [0, 0.1) is 0 Å². The predicted molar refractivity (Wildman–Crippen MR) is 85.8 cm³/mol. The van der Waals surface area contributed by atoms with Crippen molar-refractivity contribution in [2.24, 2.45) is 0 Å². The van der Waals surface area contributed by atoms with Gasteiger partial charge in [-0.1, -0.05) is 42.5 Å². The van der Waals surface area contributed by atoms with E-state index in [0.29, 0.717) is 11.3 Å². The Bertz CT molecular complexity index is 727. The average Bonchev–Trinajstić information content (AvgIpc) is 2.54. The summed E-state index contributed by atoms with van der Waals surface area (Å²) in [5, 5.41) is 2.56. The first-order chi connectivity index (χ1) is 11.8. The van der Waals surface area contributed by atoms with Gasteiger partial charge in [0.05, 0.1) is 6.42 Å². The molecule has 0 aliphatic rings. The van der Waals surface area contributed by atoms with Gasteiger partial charge in [0.15, 0.2) is 0 Å². The number of hydrogen-bond donors (Lipinski definition) is 1. The number of halogens is 3. The number of rotatable bonds is 5. The fraction of sp³-hybridized carbons (Fsp3) is 0.222. The normalized spacial score (nSPS) is 12.3. The van der Waals surface area contributed by atoms with Crippen molar-refractivity contribution in [2.75, 3.05) is 5.32 Å². The third-order valence-electron chi connectivity index (χ3n) is 3.27. The van der Waals surface area contributed by atoms with E-state index in [9.17, 15) is 22.8 Å². The first-order valence-corrected chi connectivity index (χ1v) is 7.43. The number of alkyl halides is 3. The molecule has 2 aromatic rings. The summed E-state index contributed by atoms with van der Waals surface area (Å²) in [6, 6.07) is 13.2. The largest absolute Gasteiger partial charge is 0.447 e. The number of esters is 1. The van der Waals surface area contributed by atoms with Crippen molar-refractivity contribution in [3.63, 3.8) is 0 Å². The van der Waals surface area contributed by atoms with Gasteiger partial charge < -0.3 is 10.1 Å². The van der Waals surface area contributed by atoms with Gasteiger partial charge in [-0.3, -0.25) is 9.59 Å². The molecule has 0 spiro atoms. The number of anilines is 1. The van der Waals surface area contributed by atoms with Crippen LogP contribution in [0.4, 0.5) is 18.9 Å². The van der Waals surface area contributed by atoms with E-state index in [1.807, 2.05) is 0 Å². The molecule has 7 heteroatoms. The Morgan fingerprint density at radius 3 is 2.16 bits per heavy atom. The smallest absolute Gasteiger partial charge is 0.429 e. The van der Waals surface area contributed by atoms with Gasteiger partial charge in [-0.15, -0.1) is 0 Å². The molecule has 0 aliphatic heterocycles. The number of ether oxygens (including phenoxy) is 1. The highest BCUT2D eigenvalue weighted by atomic mass is 19.4. The molecule has 25 heavy (non-hydrogen) atoms. The van der Waals surface area contributed by atoms with Crippen LogP contribution in [0.3, 0.4) is 0 Å². The van der Waals surface area contributed by atoms with Crippen molar-refractivity contribution in [1.82, 2.24) is 0 Å². The van der Waals surface area contributed by atoms with Crippen molar-refractivity contribution >= 4 is 17.6 Å². The second kappa shape index (κ2) is 7.83. The van der Waals surface area contributed by atoms with Gasteiger partial charge in [0.25, 0.3) is 0 Å². The SMILES string of the molecule is CC(=O)Nc1ccc(CC(=O)O[C@H](c2ccccc2)C(F)(F)F)cc1. The van der Waals surface area contributed by atoms with Gasteiger partial charge in [0.1, 0.15) is 0 Å². The number of carbonyl (C=O) groups excluding carboxylic acids is 2. The van der Waals surface area contributed by atoms with Crippen molar-refractivity contribution in [1.29, 1.82) is 0 Å². The summed E-state index contributed by atoms with van der Waals surface area (Å²) in [5.41, 5.74) is 0.875. The summed E-state index contributed by atoms with van der Waals surface area (Å²) >= 11 is 0. The van der Waals surface area contributed by atoms with E-state index in [2.05, 4.69) is 10.1 Å². The van der Waals surface area contributed by atoms with Crippen LogP contribution in [-0.4, -0.2) is 18.1 Å². The Morgan fingerprint density at radius 1 is 1.04 bits per heavy atom. The number of nitrogens with one attached hydrogen (secondary N) is 1. The summed E-state index contributed by atoms with van der Waals surface area (Å²) < 4.78 is 44.2. The van der Waals surface area contributed by atoms with Crippen LogP contribution < -0.4 is 5.32 Å². The predicted octanol–water partition coefficient (Wildman–Crippen LogP) is 4.03. The lowest BCUT2D eigenvalue weighted by atomic mass is 10.1. The number of benzene rings is 2. The molecule has 0 bridgehead atoms. The summed E-state index contributed by atoms with van der Waals surface area (Å²) in [6.45, 7) is 1.35. The van der Waals surface area contributed by atoms with Gasteiger partial charge in [0.2, 0.25) is 12.0 Å². The maximum Gasteiger partial charge on any atom is 0.429 e. The Hall–Kier alpha value is -2.83. The Morgan fingerprint density at radius 2 is 1.64 bits per heavy atom. The quantitative estimate of drug-likeness (QED) is 0.828. The topological polar surface area (TPSA) is 55.4 Å². The van der Waals surface area contributed by atoms with Crippen LogP contribution in [0.1, 0.15) is 24.2 Å². The zero-order chi connectivity index (χ0) is 18.4. The first kappa shape index (κ1) is 18.5. The third kappa shape index (κ3) is 5.63. The highest BCUT2D eigenvalue weighted by Gasteiger charge is 2.43. The highest BCUT2D eigenvalue weighted by molar-refractivity contribution is 5.88. The molecule has 1 N–H and O–H groups in total. The van der Waals surface area contributed by atoms with E-state index in [0.717, 1.165) is 0 Å². The number of amides is 1. The molecule has 0 aliphatic carbocycles. The minimum absolute atomic E-state index is 0.135. The molecule has 1 atom stereocenters. The van der Waals surface area contributed by atoms with Gasteiger partial charge in [0, 0.05) is 18.2 Å². The Balaban J connectivity index is 2.05. The Kier molecular flexibility index (Phi) is 5.80. The minimum Gasteiger partial charge on any atom is -0.447 e. The van der Waals surface area contributed by atoms with Crippen LogP contribution in [0.5, 0.6) is 0 Å². The van der Waals surface area contributed by atoms with E-state index in [4.69, 9.17) is 0 Å². The van der Waals surface area contributed by atoms with E-state index < -0.39 is 18.2 Å². The van der Waals surface area contributed by atoms with Crippen LogP contribution in [0.15, 0.2) is 54.6 Å². The second-order valence-corrected chi connectivity index (χ2v) is 5.38. The zero-order valence-electron chi connectivity index (χ0n) is 13.3.